The number of hydrogen-bond acceptors (Lipinski definition) is 3. The Labute approximate surface area is 155 Å². The zero-order valence-corrected chi connectivity index (χ0v) is 16.3. The number of nitrogens with zero attached hydrogens (tertiary/aromatic N) is 3. The van der Waals surface area contributed by atoms with Gasteiger partial charge in [-0.3, -0.25) is 0 Å². The summed E-state index contributed by atoms with van der Waals surface area (Å²) in [5, 5.41) is 11.0. The number of rotatable bonds is 8. The van der Waals surface area contributed by atoms with Crippen molar-refractivity contribution in [2.45, 2.75) is 26.7 Å². The number of nitro benzene ring substituents is 1. The third-order valence-electron chi connectivity index (χ3n) is 3.48. The van der Waals surface area contributed by atoms with Crippen molar-refractivity contribution < 1.29 is 4.92 Å². The molecule has 0 aromatic heterocycles. The van der Waals surface area contributed by atoms with E-state index in [9.17, 15) is 10.1 Å². The molecule has 2 aromatic carbocycles. The first-order chi connectivity index (χ1) is 12.1. The number of amidine groups is 1. The second-order valence-electron chi connectivity index (χ2n) is 5.57. The van der Waals surface area contributed by atoms with Crippen LogP contribution >= 0.6 is 0 Å². The van der Waals surface area contributed by atoms with Crippen molar-refractivity contribution in [2.75, 3.05) is 13.1 Å². The first-order valence-corrected chi connectivity index (χ1v) is 10.2. The van der Waals surface area contributed by atoms with Gasteiger partial charge < -0.3 is 0 Å². The molecule has 0 aliphatic rings. The molecule has 0 radical (unpaired) electrons. The Morgan fingerprint density at radius 3 is 2.36 bits per heavy atom. The molecule has 25 heavy (non-hydrogen) atoms. The molecule has 0 aliphatic heterocycles. The average molecular weight is 404 g/mol. The Morgan fingerprint density at radius 1 is 1.08 bits per heavy atom. The van der Waals surface area contributed by atoms with Gasteiger partial charge in [0.05, 0.1) is 0 Å². The average Bonchev–Trinajstić information content (AvgIpc) is 2.62. The van der Waals surface area contributed by atoms with Crippen LogP contribution in [0.1, 0.15) is 26.7 Å². The van der Waals surface area contributed by atoms with Gasteiger partial charge in [-0.15, -0.1) is 0 Å². The minimum absolute atomic E-state index is 0.0518. The van der Waals surface area contributed by atoms with E-state index in [1.165, 1.54) is 16.6 Å². The third kappa shape index (κ3) is 6.00. The molecule has 0 bridgehead atoms. The standard InChI is InChI=1S/C19H23N3O2Se/c1-3-13-21(14-4-2)19(25-18-11-6-5-7-12-18)20-16-9-8-10-17(15-16)22(23)24/h5-12,15H,3-4,13-14H2,1-2H3. The summed E-state index contributed by atoms with van der Waals surface area (Å²) in [6.45, 7) is 6.19. The number of aliphatic imine (C=N–C) groups is 1. The predicted octanol–water partition coefficient (Wildman–Crippen LogP) is 3.73. The summed E-state index contributed by atoms with van der Waals surface area (Å²) in [7, 11) is 0. The summed E-state index contributed by atoms with van der Waals surface area (Å²) >= 11 is 0.0518. The topological polar surface area (TPSA) is 58.7 Å². The van der Waals surface area contributed by atoms with Crippen LogP contribution in [0.2, 0.25) is 0 Å². The summed E-state index contributed by atoms with van der Waals surface area (Å²) in [6.07, 6.45) is 2.08. The summed E-state index contributed by atoms with van der Waals surface area (Å²) in [4.78, 5) is 17.8. The first-order valence-electron chi connectivity index (χ1n) is 8.45. The van der Waals surface area contributed by atoms with Gasteiger partial charge in [0.15, 0.2) is 0 Å². The van der Waals surface area contributed by atoms with Gasteiger partial charge in [-0.2, -0.15) is 0 Å². The SMILES string of the molecule is CCCN(CCC)C(=Nc1cccc([N+](=O)[O-])c1)[Se]c1ccccc1. The number of non-ortho nitro benzene ring substituents is 1. The minimum atomic E-state index is -0.378. The second-order valence-corrected chi connectivity index (χ2v) is 7.76. The van der Waals surface area contributed by atoms with Crippen LogP contribution in [0.15, 0.2) is 59.6 Å². The maximum atomic E-state index is 11.0. The van der Waals surface area contributed by atoms with Crippen molar-refractivity contribution in [1.82, 2.24) is 4.90 Å². The molecule has 5 nitrogen and oxygen atoms in total. The number of benzene rings is 2. The van der Waals surface area contributed by atoms with Crippen LogP contribution in [0, 0.1) is 10.1 Å². The van der Waals surface area contributed by atoms with Crippen molar-refractivity contribution in [3.05, 3.63) is 64.7 Å². The van der Waals surface area contributed by atoms with Crippen LogP contribution in [-0.4, -0.2) is 42.6 Å². The molecule has 0 heterocycles. The predicted molar refractivity (Wildman–Crippen MR) is 104 cm³/mol. The zero-order valence-electron chi connectivity index (χ0n) is 14.6. The molecule has 132 valence electrons. The van der Waals surface area contributed by atoms with E-state index >= 15 is 0 Å². The molecule has 0 aliphatic carbocycles. The van der Waals surface area contributed by atoms with E-state index in [-0.39, 0.29) is 25.6 Å². The quantitative estimate of drug-likeness (QED) is 0.221. The second kappa shape index (κ2) is 9.96. The van der Waals surface area contributed by atoms with Crippen molar-refractivity contribution in [2.24, 2.45) is 4.99 Å². The summed E-state index contributed by atoms with van der Waals surface area (Å²) in [6, 6.07) is 16.8. The molecular formula is C19H23N3O2Se. The van der Waals surface area contributed by atoms with E-state index < -0.39 is 0 Å². The van der Waals surface area contributed by atoms with E-state index in [1.807, 2.05) is 24.3 Å². The summed E-state index contributed by atoms with van der Waals surface area (Å²) in [5.41, 5.74) is 0.713. The Kier molecular flexibility index (Phi) is 7.64. The Bertz CT molecular complexity index is 714. The van der Waals surface area contributed by atoms with Gasteiger partial charge in [0, 0.05) is 0 Å². The van der Waals surface area contributed by atoms with E-state index in [1.54, 1.807) is 6.07 Å². The molecule has 0 saturated carbocycles. The maximum absolute atomic E-state index is 11.0. The summed E-state index contributed by atoms with van der Waals surface area (Å²) in [5.74, 6) is 0. The van der Waals surface area contributed by atoms with Crippen LogP contribution < -0.4 is 4.46 Å². The van der Waals surface area contributed by atoms with E-state index in [4.69, 9.17) is 4.99 Å². The molecule has 6 heteroatoms. The third-order valence-corrected chi connectivity index (χ3v) is 5.66. The van der Waals surface area contributed by atoms with Gasteiger partial charge >= 0.3 is 155 Å². The Balaban J connectivity index is 2.38. The fourth-order valence-corrected chi connectivity index (χ4v) is 4.41. The molecule has 0 amide bonds. The molecule has 0 atom stereocenters. The van der Waals surface area contributed by atoms with Crippen LogP contribution in [0.5, 0.6) is 0 Å². The van der Waals surface area contributed by atoms with E-state index in [0.29, 0.717) is 5.69 Å². The van der Waals surface area contributed by atoms with E-state index in [2.05, 4.69) is 30.9 Å². The number of hydrogen-bond donors (Lipinski definition) is 0. The molecule has 0 unspecified atom stereocenters. The van der Waals surface area contributed by atoms with Gasteiger partial charge in [0.1, 0.15) is 0 Å². The Hall–Kier alpha value is -2.17. The van der Waals surface area contributed by atoms with E-state index in [0.717, 1.165) is 30.7 Å². The molecule has 2 aromatic rings. The van der Waals surface area contributed by atoms with Crippen molar-refractivity contribution >= 4 is 35.5 Å². The zero-order chi connectivity index (χ0) is 18.1. The van der Waals surface area contributed by atoms with Crippen LogP contribution in [0.3, 0.4) is 0 Å². The fraction of sp³-hybridized carbons (Fsp3) is 0.316. The van der Waals surface area contributed by atoms with Crippen LogP contribution in [-0.2, 0) is 0 Å². The van der Waals surface area contributed by atoms with Gasteiger partial charge in [0.2, 0.25) is 0 Å². The summed E-state index contributed by atoms with van der Waals surface area (Å²) < 4.78 is 2.26. The fourth-order valence-electron chi connectivity index (χ4n) is 2.38. The number of nitro groups is 1. The van der Waals surface area contributed by atoms with Gasteiger partial charge in [-0.1, -0.05) is 0 Å². The molecule has 0 saturated heterocycles. The van der Waals surface area contributed by atoms with Gasteiger partial charge in [-0.05, 0) is 0 Å². The molecule has 0 fully saturated rings. The molecular weight excluding hydrogens is 381 g/mol. The normalized spacial score (nSPS) is 11.4. The van der Waals surface area contributed by atoms with Crippen molar-refractivity contribution in [3.63, 3.8) is 0 Å². The van der Waals surface area contributed by atoms with Crippen LogP contribution in [0.25, 0.3) is 0 Å². The van der Waals surface area contributed by atoms with Crippen molar-refractivity contribution in [3.8, 4) is 0 Å². The molecule has 2 rings (SSSR count). The van der Waals surface area contributed by atoms with Gasteiger partial charge in [0.25, 0.3) is 0 Å². The molecule has 0 spiro atoms. The van der Waals surface area contributed by atoms with Crippen molar-refractivity contribution in [1.29, 1.82) is 0 Å². The van der Waals surface area contributed by atoms with Gasteiger partial charge in [-0.25, -0.2) is 0 Å². The molecule has 0 N–H and O–H groups in total. The monoisotopic (exact) mass is 405 g/mol. The Morgan fingerprint density at radius 2 is 1.76 bits per heavy atom. The first kappa shape index (κ1) is 19.2. The van der Waals surface area contributed by atoms with Crippen LogP contribution in [0.4, 0.5) is 11.4 Å².